The van der Waals surface area contributed by atoms with Gasteiger partial charge in [0.05, 0.1) is 7.11 Å². The first-order valence-electron chi connectivity index (χ1n) is 6.70. The molecule has 1 aliphatic rings. The van der Waals surface area contributed by atoms with Crippen LogP contribution in [0.4, 0.5) is 10.5 Å². The molecule has 108 valence electrons. The molecule has 0 atom stereocenters. The number of methoxy groups -OCH3 is 1. The summed E-state index contributed by atoms with van der Waals surface area (Å²) in [5.41, 5.74) is 8.89. The van der Waals surface area contributed by atoms with Crippen molar-refractivity contribution >= 4 is 17.9 Å². The van der Waals surface area contributed by atoms with Crippen LogP contribution in [0.3, 0.4) is 0 Å². The molecule has 1 aliphatic heterocycles. The average molecular weight is 275 g/mol. The fourth-order valence-corrected chi connectivity index (χ4v) is 2.48. The lowest BCUT2D eigenvalue weighted by molar-refractivity contribution is 0.0889. The summed E-state index contributed by atoms with van der Waals surface area (Å²) in [5, 5.41) is 0. The van der Waals surface area contributed by atoms with E-state index in [1.54, 1.807) is 11.0 Å². The van der Waals surface area contributed by atoms with Crippen molar-refractivity contribution in [3.8, 4) is 0 Å². The van der Waals surface area contributed by atoms with E-state index in [4.69, 9.17) is 10.5 Å². The summed E-state index contributed by atoms with van der Waals surface area (Å²) in [6.07, 6.45) is 1.55. The summed E-state index contributed by atoms with van der Waals surface area (Å²) in [6, 6.07) is 5.91. The Kier molecular flexibility index (Phi) is 4.63. The Morgan fingerprint density at radius 1 is 1.40 bits per heavy atom. The minimum atomic E-state index is -0.250. The average Bonchev–Trinajstić information content (AvgIpc) is 2.47. The highest BCUT2D eigenvalue weighted by Gasteiger charge is 2.21. The number of rotatable bonds is 3. The highest BCUT2D eigenvalue weighted by atomic mass is 16.5. The maximum atomic E-state index is 11.4. The van der Waals surface area contributed by atoms with Crippen LogP contribution in [0.25, 0.3) is 6.08 Å². The molecule has 1 aromatic rings. The van der Waals surface area contributed by atoms with Crippen LogP contribution in [-0.4, -0.2) is 49.2 Å². The SMILES string of the molecule is C=Cc1c(N)cccc1CN1CCN(C(=O)OC)CC1. The summed E-state index contributed by atoms with van der Waals surface area (Å²) in [5.74, 6) is 0. The Morgan fingerprint density at radius 3 is 2.70 bits per heavy atom. The van der Waals surface area contributed by atoms with Crippen molar-refractivity contribution < 1.29 is 9.53 Å². The van der Waals surface area contributed by atoms with E-state index in [1.165, 1.54) is 12.7 Å². The standard InChI is InChI=1S/C15H21N3O2/c1-3-13-12(5-4-6-14(13)16)11-17-7-9-18(10-8-17)15(19)20-2/h3-6H,1,7-11,16H2,2H3. The van der Waals surface area contributed by atoms with Gasteiger partial charge in [-0.15, -0.1) is 0 Å². The number of nitrogens with two attached hydrogens (primary N) is 1. The summed E-state index contributed by atoms with van der Waals surface area (Å²) in [6.45, 7) is 7.70. The van der Waals surface area contributed by atoms with Crippen LogP contribution in [0, 0.1) is 0 Å². The lowest BCUT2D eigenvalue weighted by atomic mass is 10.0. The number of carbonyl (C=O) groups excluding carboxylic acids is 1. The van der Waals surface area contributed by atoms with Gasteiger partial charge in [-0.25, -0.2) is 4.79 Å². The van der Waals surface area contributed by atoms with Crippen LogP contribution in [0.15, 0.2) is 24.8 Å². The maximum absolute atomic E-state index is 11.4. The smallest absolute Gasteiger partial charge is 0.409 e. The van der Waals surface area contributed by atoms with E-state index >= 15 is 0 Å². The molecule has 1 saturated heterocycles. The Balaban J connectivity index is 1.98. The maximum Gasteiger partial charge on any atom is 0.409 e. The third-order valence-corrected chi connectivity index (χ3v) is 3.63. The third kappa shape index (κ3) is 3.11. The number of carbonyl (C=O) groups is 1. The molecule has 0 saturated carbocycles. The van der Waals surface area contributed by atoms with Crippen LogP contribution in [-0.2, 0) is 11.3 Å². The van der Waals surface area contributed by atoms with Gasteiger partial charge in [0, 0.05) is 44.0 Å². The molecule has 2 N–H and O–H groups in total. The first kappa shape index (κ1) is 14.4. The van der Waals surface area contributed by atoms with Gasteiger partial charge in [-0.05, 0) is 11.6 Å². The van der Waals surface area contributed by atoms with Gasteiger partial charge in [0.1, 0.15) is 0 Å². The van der Waals surface area contributed by atoms with E-state index in [0.717, 1.165) is 30.9 Å². The highest BCUT2D eigenvalue weighted by molar-refractivity contribution is 5.67. The molecule has 5 heteroatoms. The zero-order valence-corrected chi connectivity index (χ0v) is 11.8. The summed E-state index contributed by atoms with van der Waals surface area (Å²) < 4.78 is 4.73. The third-order valence-electron chi connectivity index (χ3n) is 3.63. The Bertz CT molecular complexity index is 494. The lowest BCUT2D eigenvalue weighted by Gasteiger charge is -2.34. The van der Waals surface area contributed by atoms with Gasteiger partial charge in [-0.3, -0.25) is 4.90 Å². The second-order valence-electron chi connectivity index (χ2n) is 4.86. The minimum Gasteiger partial charge on any atom is -0.453 e. The largest absolute Gasteiger partial charge is 0.453 e. The van der Waals surface area contributed by atoms with Crippen molar-refractivity contribution in [2.75, 3.05) is 39.0 Å². The highest BCUT2D eigenvalue weighted by Crippen LogP contribution is 2.20. The van der Waals surface area contributed by atoms with Crippen LogP contribution in [0.2, 0.25) is 0 Å². The number of ether oxygens (including phenoxy) is 1. The van der Waals surface area contributed by atoms with Crippen molar-refractivity contribution in [2.24, 2.45) is 0 Å². The van der Waals surface area contributed by atoms with Gasteiger partial charge >= 0.3 is 6.09 Å². The monoisotopic (exact) mass is 275 g/mol. The second-order valence-corrected chi connectivity index (χ2v) is 4.86. The van der Waals surface area contributed by atoms with Crippen LogP contribution < -0.4 is 5.73 Å². The predicted molar refractivity (Wildman–Crippen MR) is 80.2 cm³/mol. The molecule has 0 aromatic heterocycles. The number of nitrogen functional groups attached to an aromatic ring is 1. The summed E-state index contributed by atoms with van der Waals surface area (Å²) >= 11 is 0. The number of anilines is 1. The predicted octanol–water partition coefficient (Wildman–Crippen LogP) is 1.80. The molecular formula is C15H21N3O2. The number of nitrogens with zero attached hydrogens (tertiary/aromatic N) is 2. The van der Waals surface area contributed by atoms with Crippen LogP contribution in [0.1, 0.15) is 11.1 Å². The molecule has 20 heavy (non-hydrogen) atoms. The normalized spacial score (nSPS) is 15.9. The topological polar surface area (TPSA) is 58.8 Å². The van der Waals surface area contributed by atoms with Crippen molar-refractivity contribution in [1.29, 1.82) is 0 Å². The van der Waals surface area contributed by atoms with E-state index in [0.29, 0.717) is 13.1 Å². The van der Waals surface area contributed by atoms with Crippen molar-refractivity contribution in [2.45, 2.75) is 6.54 Å². The van der Waals surface area contributed by atoms with Gasteiger partial charge in [-0.1, -0.05) is 24.8 Å². The van der Waals surface area contributed by atoms with E-state index < -0.39 is 0 Å². The van der Waals surface area contributed by atoms with Gasteiger partial charge in [0.25, 0.3) is 0 Å². The van der Waals surface area contributed by atoms with E-state index in [2.05, 4.69) is 17.5 Å². The number of benzene rings is 1. The van der Waals surface area contributed by atoms with Gasteiger partial charge in [0.15, 0.2) is 0 Å². The lowest BCUT2D eigenvalue weighted by Crippen LogP contribution is -2.48. The molecule has 0 unspecified atom stereocenters. The quantitative estimate of drug-likeness (QED) is 0.855. The Hall–Kier alpha value is -2.01. The molecule has 1 heterocycles. The van der Waals surface area contributed by atoms with E-state index in [9.17, 15) is 4.79 Å². The molecule has 0 radical (unpaired) electrons. The van der Waals surface area contributed by atoms with E-state index in [-0.39, 0.29) is 6.09 Å². The molecular weight excluding hydrogens is 254 g/mol. The number of hydrogen-bond donors (Lipinski definition) is 1. The molecule has 2 rings (SSSR count). The molecule has 0 spiro atoms. The van der Waals surface area contributed by atoms with Gasteiger partial charge in [-0.2, -0.15) is 0 Å². The molecule has 1 fully saturated rings. The van der Waals surface area contributed by atoms with Crippen molar-refractivity contribution in [3.63, 3.8) is 0 Å². The Morgan fingerprint density at radius 2 is 2.10 bits per heavy atom. The molecule has 1 aromatic carbocycles. The summed E-state index contributed by atoms with van der Waals surface area (Å²) in [4.78, 5) is 15.5. The summed E-state index contributed by atoms with van der Waals surface area (Å²) in [7, 11) is 1.41. The van der Waals surface area contributed by atoms with E-state index in [1.807, 2.05) is 12.1 Å². The molecule has 0 bridgehead atoms. The molecule has 1 amide bonds. The number of amides is 1. The van der Waals surface area contributed by atoms with Crippen molar-refractivity contribution in [1.82, 2.24) is 9.80 Å². The minimum absolute atomic E-state index is 0.250. The van der Waals surface area contributed by atoms with Gasteiger partial charge in [0.2, 0.25) is 0 Å². The van der Waals surface area contributed by atoms with Gasteiger partial charge < -0.3 is 15.4 Å². The zero-order valence-electron chi connectivity index (χ0n) is 11.8. The number of hydrogen-bond acceptors (Lipinski definition) is 4. The zero-order chi connectivity index (χ0) is 14.5. The second kappa shape index (κ2) is 6.43. The Labute approximate surface area is 119 Å². The molecule has 0 aliphatic carbocycles. The fourth-order valence-electron chi connectivity index (χ4n) is 2.48. The molecule has 5 nitrogen and oxygen atoms in total. The first-order chi connectivity index (χ1) is 9.65. The number of piperazine rings is 1. The van der Waals surface area contributed by atoms with Crippen LogP contribution in [0.5, 0.6) is 0 Å². The first-order valence-corrected chi connectivity index (χ1v) is 6.70. The van der Waals surface area contributed by atoms with Crippen LogP contribution >= 0.6 is 0 Å². The van der Waals surface area contributed by atoms with Crippen molar-refractivity contribution in [3.05, 3.63) is 35.9 Å². The fraction of sp³-hybridized carbons (Fsp3) is 0.400.